The summed E-state index contributed by atoms with van der Waals surface area (Å²) in [5.41, 5.74) is 9.63. The van der Waals surface area contributed by atoms with Gasteiger partial charge in [0.25, 0.3) is 0 Å². The molecule has 0 radical (unpaired) electrons. The monoisotopic (exact) mass is 407 g/mol. The molecule has 6 nitrogen and oxygen atoms in total. The van der Waals surface area contributed by atoms with Crippen molar-refractivity contribution in [3.8, 4) is 11.3 Å². The van der Waals surface area contributed by atoms with Crippen molar-refractivity contribution in [2.75, 3.05) is 11.9 Å². The maximum atomic E-state index is 13.5. The van der Waals surface area contributed by atoms with Gasteiger partial charge in [-0.3, -0.25) is 4.79 Å². The van der Waals surface area contributed by atoms with E-state index in [4.69, 9.17) is 10.7 Å². The molecule has 2 aromatic carbocycles. The highest BCUT2D eigenvalue weighted by Gasteiger charge is 2.28. The van der Waals surface area contributed by atoms with Crippen molar-refractivity contribution in [1.29, 1.82) is 0 Å². The van der Waals surface area contributed by atoms with Crippen LogP contribution < -0.4 is 11.1 Å². The first kappa shape index (κ1) is 20.1. The molecule has 1 amide bonds. The Morgan fingerprint density at radius 1 is 1.17 bits per heavy atom. The van der Waals surface area contributed by atoms with Crippen LogP contribution in [0.15, 0.2) is 48.5 Å². The largest absolute Gasteiger partial charge is 0.340 e. The molecule has 0 saturated carbocycles. The van der Waals surface area contributed by atoms with Gasteiger partial charge in [-0.05, 0) is 49.7 Å². The summed E-state index contributed by atoms with van der Waals surface area (Å²) in [7, 11) is 0. The van der Waals surface area contributed by atoms with Crippen molar-refractivity contribution < 1.29 is 9.18 Å². The van der Waals surface area contributed by atoms with Crippen LogP contribution in [-0.4, -0.2) is 32.9 Å². The lowest BCUT2D eigenvalue weighted by Gasteiger charge is -2.30. The van der Waals surface area contributed by atoms with E-state index in [1.54, 1.807) is 17.0 Å². The second kappa shape index (κ2) is 8.28. The van der Waals surface area contributed by atoms with E-state index in [1.807, 2.05) is 38.1 Å². The molecule has 0 unspecified atom stereocenters. The molecule has 0 spiro atoms. The normalized spacial score (nSPS) is 14.3. The van der Waals surface area contributed by atoms with E-state index in [2.05, 4.69) is 9.88 Å². The zero-order valence-electron chi connectivity index (χ0n) is 17.2. The van der Waals surface area contributed by atoms with Gasteiger partial charge >= 0.3 is 0 Å². The number of carbonyl (C=O) groups excluding carboxylic acids is 1. The second-order valence-electron chi connectivity index (χ2n) is 7.65. The van der Waals surface area contributed by atoms with Crippen LogP contribution in [0.3, 0.4) is 0 Å². The minimum Gasteiger partial charge on any atom is -0.340 e. The third-order valence-electron chi connectivity index (χ3n) is 5.47. The highest BCUT2D eigenvalue weighted by Crippen LogP contribution is 2.33. The molecule has 2 heterocycles. The maximum Gasteiger partial charge on any atom is 0.239 e. The standard InChI is InChI=1S/C23H26FN5O/c1-3-19(25)23(30)28-12-13-29-20(14-28)27-21(16-6-8-17(24)9-7-16)22(29)26-18-10-4-15(2)5-11-18/h4-11,19,26H,3,12-14,25H2,1-2H3/t19-/m0/s1. The molecular formula is C23H26FN5O. The zero-order valence-corrected chi connectivity index (χ0v) is 17.2. The molecule has 1 aliphatic heterocycles. The lowest BCUT2D eigenvalue weighted by molar-refractivity contribution is -0.134. The van der Waals surface area contributed by atoms with Gasteiger partial charge in [-0.15, -0.1) is 0 Å². The number of fused-ring (bicyclic) bond motifs is 1. The number of hydrogen-bond acceptors (Lipinski definition) is 4. The van der Waals surface area contributed by atoms with Crippen LogP contribution in [-0.2, 0) is 17.9 Å². The number of nitrogens with one attached hydrogen (secondary N) is 1. The lowest BCUT2D eigenvalue weighted by atomic mass is 10.1. The highest BCUT2D eigenvalue weighted by molar-refractivity contribution is 5.82. The number of benzene rings is 2. The highest BCUT2D eigenvalue weighted by atomic mass is 19.1. The Labute approximate surface area is 175 Å². The molecular weight excluding hydrogens is 381 g/mol. The first-order chi connectivity index (χ1) is 14.5. The average Bonchev–Trinajstić information content (AvgIpc) is 3.12. The summed E-state index contributed by atoms with van der Waals surface area (Å²) in [5, 5.41) is 3.48. The van der Waals surface area contributed by atoms with E-state index in [0.29, 0.717) is 26.1 Å². The van der Waals surface area contributed by atoms with E-state index in [9.17, 15) is 9.18 Å². The minimum atomic E-state index is -0.492. The maximum absolute atomic E-state index is 13.5. The molecule has 0 saturated heterocycles. The van der Waals surface area contributed by atoms with E-state index < -0.39 is 6.04 Å². The Hall–Kier alpha value is -3.19. The van der Waals surface area contributed by atoms with Crippen LogP contribution in [0.4, 0.5) is 15.9 Å². The van der Waals surface area contributed by atoms with Crippen LogP contribution in [0.1, 0.15) is 24.7 Å². The summed E-state index contributed by atoms with van der Waals surface area (Å²) in [6.07, 6.45) is 0.602. The number of aromatic nitrogens is 2. The molecule has 1 aromatic heterocycles. The molecule has 0 bridgehead atoms. The number of nitrogens with two attached hydrogens (primary N) is 1. The van der Waals surface area contributed by atoms with Gasteiger partial charge in [0.05, 0.1) is 12.6 Å². The Kier molecular flexibility index (Phi) is 5.55. The van der Waals surface area contributed by atoms with Crippen molar-refractivity contribution in [3.05, 3.63) is 65.7 Å². The fourth-order valence-electron chi connectivity index (χ4n) is 3.64. The number of rotatable bonds is 5. The molecule has 0 aliphatic carbocycles. The Bertz CT molecular complexity index is 1040. The van der Waals surface area contributed by atoms with Gasteiger partial charge in [0.1, 0.15) is 23.2 Å². The third-order valence-corrected chi connectivity index (χ3v) is 5.47. The smallest absolute Gasteiger partial charge is 0.239 e. The van der Waals surface area contributed by atoms with Gasteiger partial charge in [0.2, 0.25) is 5.91 Å². The summed E-state index contributed by atoms with van der Waals surface area (Å²) < 4.78 is 15.6. The van der Waals surface area contributed by atoms with E-state index in [1.165, 1.54) is 17.7 Å². The molecule has 3 N–H and O–H groups in total. The minimum absolute atomic E-state index is 0.0527. The van der Waals surface area contributed by atoms with Gasteiger partial charge < -0.3 is 20.5 Å². The SMILES string of the molecule is CC[C@H](N)C(=O)N1CCn2c(nc(-c3ccc(F)cc3)c2Nc2ccc(C)cc2)C1. The van der Waals surface area contributed by atoms with Crippen LogP contribution in [0, 0.1) is 12.7 Å². The molecule has 30 heavy (non-hydrogen) atoms. The third kappa shape index (κ3) is 3.93. The Balaban J connectivity index is 1.72. The molecule has 4 rings (SSSR count). The lowest BCUT2D eigenvalue weighted by Crippen LogP contribution is -2.46. The van der Waals surface area contributed by atoms with Crippen LogP contribution in [0.2, 0.25) is 0 Å². The predicted octanol–water partition coefficient (Wildman–Crippen LogP) is 3.82. The summed E-state index contributed by atoms with van der Waals surface area (Å²) in [6.45, 7) is 5.53. The average molecular weight is 407 g/mol. The van der Waals surface area contributed by atoms with Gasteiger partial charge in [-0.25, -0.2) is 9.37 Å². The van der Waals surface area contributed by atoms with Crippen LogP contribution in [0.5, 0.6) is 0 Å². The molecule has 0 fully saturated rings. The summed E-state index contributed by atoms with van der Waals surface area (Å²) in [5.74, 6) is 1.28. The zero-order chi connectivity index (χ0) is 21.3. The quantitative estimate of drug-likeness (QED) is 0.674. The van der Waals surface area contributed by atoms with Gasteiger partial charge in [0.15, 0.2) is 0 Å². The topological polar surface area (TPSA) is 76.2 Å². The fourth-order valence-corrected chi connectivity index (χ4v) is 3.64. The van der Waals surface area contributed by atoms with Crippen molar-refractivity contribution >= 4 is 17.4 Å². The predicted molar refractivity (Wildman–Crippen MR) is 116 cm³/mol. The van der Waals surface area contributed by atoms with Crippen molar-refractivity contribution in [2.45, 2.75) is 39.4 Å². The van der Waals surface area contributed by atoms with E-state index in [0.717, 1.165) is 28.6 Å². The number of aryl methyl sites for hydroxylation is 1. The first-order valence-electron chi connectivity index (χ1n) is 10.2. The van der Waals surface area contributed by atoms with Crippen molar-refractivity contribution in [2.24, 2.45) is 5.73 Å². The number of halogens is 1. The van der Waals surface area contributed by atoms with Crippen LogP contribution >= 0.6 is 0 Å². The molecule has 3 aromatic rings. The van der Waals surface area contributed by atoms with E-state index >= 15 is 0 Å². The Morgan fingerprint density at radius 3 is 2.53 bits per heavy atom. The molecule has 1 atom stereocenters. The van der Waals surface area contributed by atoms with E-state index in [-0.39, 0.29) is 11.7 Å². The first-order valence-corrected chi connectivity index (χ1v) is 10.2. The summed E-state index contributed by atoms with van der Waals surface area (Å²) in [6, 6.07) is 13.9. The summed E-state index contributed by atoms with van der Waals surface area (Å²) >= 11 is 0. The van der Waals surface area contributed by atoms with Gasteiger partial charge in [0, 0.05) is 24.3 Å². The number of imidazole rings is 1. The molecule has 7 heteroatoms. The number of carbonyl (C=O) groups is 1. The molecule has 1 aliphatic rings. The van der Waals surface area contributed by atoms with Crippen molar-refractivity contribution in [1.82, 2.24) is 14.5 Å². The van der Waals surface area contributed by atoms with Crippen molar-refractivity contribution in [3.63, 3.8) is 0 Å². The summed E-state index contributed by atoms with van der Waals surface area (Å²) in [4.78, 5) is 19.2. The van der Waals surface area contributed by atoms with Crippen LogP contribution in [0.25, 0.3) is 11.3 Å². The second-order valence-corrected chi connectivity index (χ2v) is 7.65. The van der Waals surface area contributed by atoms with Gasteiger partial charge in [-0.1, -0.05) is 24.6 Å². The molecule has 156 valence electrons. The van der Waals surface area contributed by atoms with Gasteiger partial charge in [-0.2, -0.15) is 0 Å². The number of hydrogen-bond donors (Lipinski definition) is 2. The number of amides is 1. The number of nitrogens with zero attached hydrogens (tertiary/aromatic N) is 3. The number of anilines is 2. The fraction of sp³-hybridized carbons (Fsp3) is 0.304. The Morgan fingerprint density at radius 2 is 1.87 bits per heavy atom.